The highest BCUT2D eigenvalue weighted by Crippen LogP contribution is 2.42. The fraction of sp³-hybridized carbons (Fsp3) is 0.632. The molecule has 1 saturated heterocycles. The van der Waals surface area contributed by atoms with Crippen molar-refractivity contribution in [3.63, 3.8) is 0 Å². The standard InChI is InChI=1S/C19H28N6OS/c1-2-20-18(25-10-12-27-19(14-25)8-4-3-5-9-19)21-13-16-22-17(24-23-16)15-7-6-11-26-15/h6-7,11H,2-5,8-10,12-14H2,1H3,(H,20,21)(H,22,23,24). The monoisotopic (exact) mass is 388 g/mol. The highest BCUT2D eigenvalue weighted by Gasteiger charge is 2.38. The third-order valence-corrected chi connectivity index (χ3v) is 6.84. The maximum Gasteiger partial charge on any atom is 0.216 e. The Morgan fingerprint density at radius 1 is 1.41 bits per heavy atom. The summed E-state index contributed by atoms with van der Waals surface area (Å²) in [5, 5.41) is 10.7. The summed E-state index contributed by atoms with van der Waals surface area (Å²) in [7, 11) is 0. The number of rotatable bonds is 4. The number of aliphatic imine (C=N–C) groups is 1. The van der Waals surface area contributed by atoms with Gasteiger partial charge >= 0.3 is 0 Å². The molecular formula is C19H28N6OS. The first-order chi connectivity index (χ1) is 13.3. The summed E-state index contributed by atoms with van der Waals surface area (Å²) in [6.07, 6.45) is 8.41. The number of hydrogen-bond donors (Lipinski definition) is 2. The zero-order valence-electron chi connectivity index (χ0n) is 15.9. The second kappa shape index (κ2) is 8.37. The Labute approximate surface area is 164 Å². The molecule has 2 aromatic heterocycles. The van der Waals surface area contributed by atoms with Crippen LogP contribution in [0.4, 0.5) is 0 Å². The smallest absolute Gasteiger partial charge is 0.216 e. The Hall–Kier alpha value is -1.96. The van der Waals surface area contributed by atoms with Gasteiger partial charge in [0.2, 0.25) is 5.82 Å². The molecule has 2 N–H and O–H groups in total. The van der Waals surface area contributed by atoms with E-state index in [2.05, 4.69) is 44.1 Å². The van der Waals surface area contributed by atoms with Crippen molar-refractivity contribution in [1.82, 2.24) is 25.4 Å². The number of H-pyrrole nitrogens is 1. The summed E-state index contributed by atoms with van der Waals surface area (Å²) in [6.45, 7) is 5.61. The zero-order chi connectivity index (χ0) is 18.5. The van der Waals surface area contributed by atoms with Gasteiger partial charge in [0.05, 0.1) is 6.26 Å². The number of nitrogens with one attached hydrogen (secondary N) is 2. The molecule has 0 amide bonds. The van der Waals surface area contributed by atoms with Gasteiger partial charge in [0.25, 0.3) is 0 Å². The number of hydrogen-bond acceptors (Lipinski definition) is 5. The van der Waals surface area contributed by atoms with Crippen molar-refractivity contribution in [2.24, 2.45) is 4.99 Å². The lowest BCUT2D eigenvalue weighted by Gasteiger charge is -2.45. The van der Waals surface area contributed by atoms with E-state index < -0.39 is 0 Å². The minimum Gasteiger partial charge on any atom is -0.461 e. The van der Waals surface area contributed by atoms with Crippen LogP contribution in [-0.2, 0) is 6.54 Å². The third-order valence-electron chi connectivity index (χ3n) is 5.30. The van der Waals surface area contributed by atoms with Crippen molar-refractivity contribution in [2.75, 3.05) is 25.4 Å². The molecule has 0 atom stereocenters. The Kier molecular flexibility index (Phi) is 5.71. The second-order valence-corrected chi connectivity index (χ2v) is 8.83. The van der Waals surface area contributed by atoms with E-state index in [1.54, 1.807) is 6.26 Å². The van der Waals surface area contributed by atoms with E-state index in [-0.39, 0.29) is 0 Å². The average Bonchev–Trinajstić information content (AvgIpc) is 3.37. The Morgan fingerprint density at radius 3 is 3.07 bits per heavy atom. The highest BCUT2D eigenvalue weighted by atomic mass is 32.2. The molecular weight excluding hydrogens is 360 g/mol. The summed E-state index contributed by atoms with van der Waals surface area (Å²) >= 11 is 2.18. The molecule has 1 saturated carbocycles. The van der Waals surface area contributed by atoms with Gasteiger partial charge in [-0.1, -0.05) is 19.3 Å². The predicted octanol–water partition coefficient (Wildman–Crippen LogP) is 3.28. The van der Waals surface area contributed by atoms with Crippen molar-refractivity contribution in [1.29, 1.82) is 0 Å². The SMILES string of the molecule is CCNC(=NCc1nc(-c2ccco2)n[nH]1)N1CCSC2(CCCCC2)C1. The number of thioether (sulfide) groups is 1. The van der Waals surface area contributed by atoms with Crippen LogP contribution in [0.25, 0.3) is 11.6 Å². The van der Waals surface area contributed by atoms with Crippen LogP contribution in [0, 0.1) is 0 Å². The number of guanidine groups is 1. The minimum atomic E-state index is 0.422. The molecule has 2 aliphatic rings. The van der Waals surface area contributed by atoms with E-state index in [1.807, 2.05) is 12.1 Å². The van der Waals surface area contributed by atoms with Crippen molar-refractivity contribution in [3.8, 4) is 11.6 Å². The van der Waals surface area contributed by atoms with Crippen molar-refractivity contribution in [2.45, 2.75) is 50.3 Å². The molecule has 3 heterocycles. The van der Waals surface area contributed by atoms with E-state index in [0.29, 0.717) is 22.9 Å². The topological polar surface area (TPSA) is 82.3 Å². The molecule has 7 nitrogen and oxygen atoms in total. The van der Waals surface area contributed by atoms with Crippen LogP contribution < -0.4 is 5.32 Å². The van der Waals surface area contributed by atoms with Crippen LogP contribution in [0.3, 0.4) is 0 Å². The maximum absolute atomic E-state index is 5.35. The molecule has 27 heavy (non-hydrogen) atoms. The average molecular weight is 389 g/mol. The van der Waals surface area contributed by atoms with Crippen LogP contribution in [-0.4, -0.2) is 56.2 Å². The van der Waals surface area contributed by atoms with E-state index in [1.165, 1.54) is 37.9 Å². The van der Waals surface area contributed by atoms with Crippen LogP contribution >= 0.6 is 11.8 Å². The normalized spacial score (nSPS) is 20.2. The van der Waals surface area contributed by atoms with E-state index in [9.17, 15) is 0 Å². The molecule has 8 heteroatoms. The summed E-state index contributed by atoms with van der Waals surface area (Å²) in [6, 6.07) is 3.69. The summed E-state index contributed by atoms with van der Waals surface area (Å²) in [5.41, 5.74) is 0. The molecule has 1 aliphatic carbocycles. The van der Waals surface area contributed by atoms with Gasteiger partial charge in [0.1, 0.15) is 12.4 Å². The quantitative estimate of drug-likeness (QED) is 0.618. The molecule has 146 valence electrons. The van der Waals surface area contributed by atoms with E-state index in [0.717, 1.165) is 31.4 Å². The van der Waals surface area contributed by atoms with Gasteiger partial charge in [-0.3, -0.25) is 5.10 Å². The van der Waals surface area contributed by atoms with E-state index >= 15 is 0 Å². The van der Waals surface area contributed by atoms with Crippen LogP contribution in [0.15, 0.2) is 27.8 Å². The summed E-state index contributed by atoms with van der Waals surface area (Å²) in [4.78, 5) is 11.8. The Balaban J connectivity index is 1.45. The summed E-state index contributed by atoms with van der Waals surface area (Å²) in [5.74, 6) is 4.15. The Morgan fingerprint density at radius 2 is 2.30 bits per heavy atom. The highest BCUT2D eigenvalue weighted by molar-refractivity contribution is 8.00. The first kappa shape index (κ1) is 18.4. The van der Waals surface area contributed by atoms with Crippen molar-refractivity contribution < 1.29 is 4.42 Å². The van der Waals surface area contributed by atoms with Gasteiger partial charge < -0.3 is 14.6 Å². The van der Waals surface area contributed by atoms with Gasteiger partial charge in [-0.15, -0.1) is 5.10 Å². The lowest BCUT2D eigenvalue weighted by molar-refractivity contribution is 0.293. The number of nitrogens with zero attached hydrogens (tertiary/aromatic N) is 4. The van der Waals surface area contributed by atoms with E-state index in [4.69, 9.17) is 9.41 Å². The number of furan rings is 1. The lowest BCUT2D eigenvalue weighted by Crippen LogP contribution is -2.53. The van der Waals surface area contributed by atoms with Gasteiger partial charge in [0, 0.05) is 30.1 Å². The fourth-order valence-corrected chi connectivity index (χ4v) is 5.55. The third kappa shape index (κ3) is 4.31. The predicted molar refractivity (Wildman–Crippen MR) is 109 cm³/mol. The van der Waals surface area contributed by atoms with Crippen LogP contribution in [0.5, 0.6) is 0 Å². The molecule has 0 bridgehead atoms. The van der Waals surface area contributed by atoms with Gasteiger partial charge in [-0.05, 0) is 31.9 Å². The fourth-order valence-electron chi connectivity index (χ4n) is 3.98. The molecule has 2 fully saturated rings. The number of aromatic nitrogens is 3. The van der Waals surface area contributed by atoms with Gasteiger partial charge in [-0.2, -0.15) is 11.8 Å². The first-order valence-electron chi connectivity index (χ1n) is 9.90. The van der Waals surface area contributed by atoms with Gasteiger partial charge in [0.15, 0.2) is 11.7 Å². The first-order valence-corrected chi connectivity index (χ1v) is 10.9. The Bertz CT molecular complexity index is 745. The largest absolute Gasteiger partial charge is 0.461 e. The maximum atomic E-state index is 5.35. The minimum absolute atomic E-state index is 0.422. The molecule has 0 radical (unpaired) electrons. The molecule has 4 rings (SSSR count). The summed E-state index contributed by atoms with van der Waals surface area (Å²) < 4.78 is 5.77. The molecule has 0 unspecified atom stereocenters. The van der Waals surface area contributed by atoms with Gasteiger partial charge in [-0.25, -0.2) is 9.98 Å². The molecule has 2 aromatic rings. The molecule has 1 aliphatic heterocycles. The molecule has 0 aromatic carbocycles. The van der Waals surface area contributed by atoms with Crippen molar-refractivity contribution >= 4 is 17.7 Å². The lowest BCUT2D eigenvalue weighted by atomic mass is 9.87. The van der Waals surface area contributed by atoms with Crippen LogP contribution in [0.2, 0.25) is 0 Å². The zero-order valence-corrected chi connectivity index (χ0v) is 16.7. The van der Waals surface area contributed by atoms with Crippen LogP contribution in [0.1, 0.15) is 44.9 Å². The second-order valence-electron chi connectivity index (χ2n) is 7.27. The van der Waals surface area contributed by atoms with Crippen molar-refractivity contribution in [3.05, 3.63) is 24.2 Å². The molecule has 1 spiro atoms. The number of aromatic amines is 1.